The maximum absolute atomic E-state index is 10.3. The van der Waals surface area contributed by atoms with Gasteiger partial charge in [0.15, 0.2) is 0 Å². The highest BCUT2D eigenvalue weighted by Gasteiger charge is 2.19. The van der Waals surface area contributed by atoms with Crippen molar-refractivity contribution in [2.45, 2.75) is 45.6 Å². The van der Waals surface area contributed by atoms with Crippen LogP contribution in [0.2, 0.25) is 0 Å². The van der Waals surface area contributed by atoms with Crippen molar-refractivity contribution in [1.82, 2.24) is 9.59 Å². The van der Waals surface area contributed by atoms with Crippen molar-refractivity contribution in [2.75, 3.05) is 0 Å². The van der Waals surface area contributed by atoms with Gasteiger partial charge in [0.05, 0.1) is 16.7 Å². The molecule has 2 aromatic rings. The molecule has 0 saturated heterocycles. The molecule has 1 N–H and O–H groups in total. The first-order chi connectivity index (χ1) is 8.61. The zero-order chi connectivity index (χ0) is 13.1. The molecule has 2 heterocycles. The van der Waals surface area contributed by atoms with E-state index in [-0.39, 0.29) is 0 Å². The highest BCUT2D eigenvalue weighted by molar-refractivity contribution is 7.12. The molecule has 0 spiro atoms. The Hall–Kier alpha value is -0.780. The van der Waals surface area contributed by atoms with E-state index in [4.69, 9.17) is 0 Å². The van der Waals surface area contributed by atoms with Gasteiger partial charge in [-0.1, -0.05) is 25.3 Å². The van der Waals surface area contributed by atoms with Crippen LogP contribution in [-0.4, -0.2) is 14.7 Å². The second kappa shape index (κ2) is 5.91. The van der Waals surface area contributed by atoms with Crippen molar-refractivity contribution in [3.63, 3.8) is 0 Å². The molecule has 0 fully saturated rings. The van der Waals surface area contributed by atoms with Crippen molar-refractivity contribution in [2.24, 2.45) is 0 Å². The lowest BCUT2D eigenvalue weighted by molar-refractivity contribution is 0.181. The van der Waals surface area contributed by atoms with Gasteiger partial charge >= 0.3 is 0 Å². The van der Waals surface area contributed by atoms with Crippen LogP contribution >= 0.6 is 22.9 Å². The fourth-order valence-corrected chi connectivity index (χ4v) is 3.63. The fourth-order valence-electron chi connectivity index (χ4n) is 1.84. The molecule has 18 heavy (non-hydrogen) atoms. The van der Waals surface area contributed by atoms with Crippen LogP contribution in [0.1, 0.15) is 53.1 Å². The van der Waals surface area contributed by atoms with Crippen LogP contribution in [0.25, 0.3) is 0 Å². The summed E-state index contributed by atoms with van der Waals surface area (Å²) in [6, 6.07) is 4.25. The Morgan fingerprint density at radius 2 is 2.00 bits per heavy atom. The summed E-state index contributed by atoms with van der Waals surface area (Å²) in [5, 5.41) is 14.4. The van der Waals surface area contributed by atoms with E-state index in [1.807, 2.05) is 0 Å². The fraction of sp³-hybridized carbons (Fsp3) is 0.538. The van der Waals surface area contributed by atoms with E-state index in [0.717, 1.165) is 17.0 Å². The van der Waals surface area contributed by atoms with Crippen LogP contribution in [-0.2, 0) is 12.8 Å². The van der Waals surface area contributed by atoms with E-state index in [1.54, 1.807) is 11.3 Å². The highest BCUT2D eigenvalue weighted by atomic mass is 32.1. The van der Waals surface area contributed by atoms with Gasteiger partial charge in [0.25, 0.3) is 0 Å². The van der Waals surface area contributed by atoms with Crippen molar-refractivity contribution < 1.29 is 5.11 Å². The Labute approximate surface area is 116 Å². The average Bonchev–Trinajstić information content (AvgIpc) is 2.96. The zero-order valence-electron chi connectivity index (χ0n) is 10.9. The number of aromatic nitrogens is 2. The zero-order valence-corrected chi connectivity index (χ0v) is 12.5. The standard InChI is InChI=1S/C13H18N2OS2/c1-4-9-5-6-10(17-9)7-11(16)13-12(8(2)3)14-15-18-13/h5-6,8,11,16H,4,7H2,1-3H3. The highest BCUT2D eigenvalue weighted by Crippen LogP contribution is 2.30. The molecular weight excluding hydrogens is 264 g/mol. The van der Waals surface area contributed by atoms with Gasteiger partial charge in [-0.3, -0.25) is 0 Å². The second-order valence-corrected chi connectivity index (χ2v) is 6.66. The van der Waals surface area contributed by atoms with Crippen LogP contribution in [0.4, 0.5) is 0 Å². The van der Waals surface area contributed by atoms with Crippen LogP contribution in [0.15, 0.2) is 12.1 Å². The number of nitrogens with zero attached hydrogens (tertiary/aromatic N) is 2. The molecule has 3 nitrogen and oxygen atoms in total. The number of rotatable bonds is 5. The van der Waals surface area contributed by atoms with Gasteiger partial charge in [-0.05, 0) is 36.0 Å². The van der Waals surface area contributed by atoms with Crippen LogP contribution in [0, 0.1) is 0 Å². The van der Waals surface area contributed by atoms with Crippen LogP contribution in [0.5, 0.6) is 0 Å². The predicted octanol–water partition coefficient (Wildman–Crippen LogP) is 3.56. The molecule has 0 radical (unpaired) electrons. The van der Waals surface area contributed by atoms with Crippen LogP contribution in [0.3, 0.4) is 0 Å². The average molecular weight is 282 g/mol. The Kier molecular flexibility index (Phi) is 4.48. The molecule has 0 aliphatic heterocycles. The van der Waals surface area contributed by atoms with E-state index in [0.29, 0.717) is 12.3 Å². The van der Waals surface area contributed by atoms with Crippen molar-refractivity contribution >= 4 is 22.9 Å². The summed E-state index contributed by atoms with van der Waals surface area (Å²) < 4.78 is 3.96. The topological polar surface area (TPSA) is 46.0 Å². The summed E-state index contributed by atoms with van der Waals surface area (Å²) in [5.41, 5.74) is 0.930. The molecule has 0 aliphatic rings. The molecule has 1 atom stereocenters. The molecule has 2 rings (SSSR count). The van der Waals surface area contributed by atoms with E-state index >= 15 is 0 Å². The van der Waals surface area contributed by atoms with Crippen molar-refractivity contribution in [3.8, 4) is 0 Å². The first kappa shape index (κ1) is 13.6. The maximum atomic E-state index is 10.3. The quantitative estimate of drug-likeness (QED) is 0.912. The SMILES string of the molecule is CCc1ccc(CC(O)c2snnc2C(C)C)s1. The number of hydrogen-bond donors (Lipinski definition) is 1. The van der Waals surface area contributed by atoms with E-state index in [2.05, 4.69) is 42.5 Å². The number of thiophene rings is 1. The van der Waals surface area contributed by atoms with E-state index < -0.39 is 6.10 Å². The summed E-state index contributed by atoms with van der Waals surface area (Å²) in [6.45, 7) is 6.30. The summed E-state index contributed by atoms with van der Waals surface area (Å²) in [7, 11) is 0. The summed E-state index contributed by atoms with van der Waals surface area (Å²) >= 11 is 3.09. The largest absolute Gasteiger partial charge is 0.387 e. The Bertz CT molecular complexity index is 505. The summed E-state index contributed by atoms with van der Waals surface area (Å²) in [4.78, 5) is 3.50. The lowest BCUT2D eigenvalue weighted by atomic mass is 10.1. The van der Waals surface area contributed by atoms with Crippen molar-refractivity contribution in [3.05, 3.63) is 32.5 Å². The van der Waals surface area contributed by atoms with Gasteiger partial charge in [0, 0.05) is 16.2 Å². The molecule has 2 aromatic heterocycles. The predicted molar refractivity (Wildman–Crippen MR) is 76.4 cm³/mol. The molecule has 0 amide bonds. The number of aliphatic hydroxyl groups is 1. The van der Waals surface area contributed by atoms with Gasteiger partial charge < -0.3 is 5.11 Å². The minimum atomic E-state index is -0.481. The third-order valence-electron chi connectivity index (χ3n) is 2.85. The molecule has 98 valence electrons. The summed E-state index contributed by atoms with van der Waals surface area (Å²) in [6.07, 6.45) is 1.24. The van der Waals surface area contributed by atoms with E-state index in [9.17, 15) is 5.11 Å². The molecular formula is C13H18N2OS2. The summed E-state index contributed by atoms with van der Waals surface area (Å²) in [5.74, 6) is 0.308. The van der Waals surface area contributed by atoms with Crippen molar-refractivity contribution in [1.29, 1.82) is 0 Å². The monoisotopic (exact) mass is 282 g/mol. The Morgan fingerprint density at radius 1 is 1.28 bits per heavy atom. The third kappa shape index (κ3) is 2.96. The number of aliphatic hydroxyl groups excluding tert-OH is 1. The number of hydrogen-bond acceptors (Lipinski definition) is 5. The molecule has 5 heteroatoms. The lowest BCUT2D eigenvalue weighted by Crippen LogP contribution is -2.03. The second-order valence-electron chi connectivity index (χ2n) is 4.62. The third-order valence-corrected chi connectivity index (χ3v) is 4.94. The Morgan fingerprint density at radius 3 is 2.61 bits per heavy atom. The first-order valence-corrected chi connectivity index (χ1v) is 7.78. The minimum absolute atomic E-state index is 0.308. The lowest BCUT2D eigenvalue weighted by Gasteiger charge is -2.10. The molecule has 0 aromatic carbocycles. The number of aryl methyl sites for hydroxylation is 1. The van der Waals surface area contributed by atoms with Gasteiger partial charge in [-0.2, -0.15) is 0 Å². The Balaban J connectivity index is 2.11. The van der Waals surface area contributed by atoms with Crippen LogP contribution < -0.4 is 0 Å². The normalized spacial score (nSPS) is 13.2. The van der Waals surface area contributed by atoms with Gasteiger partial charge in [-0.25, -0.2) is 0 Å². The molecule has 1 unspecified atom stereocenters. The van der Waals surface area contributed by atoms with Gasteiger partial charge in [-0.15, -0.1) is 16.4 Å². The molecule has 0 saturated carbocycles. The smallest absolute Gasteiger partial charge is 0.0965 e. The maximum Gasteiger partial charge on any atom is 0.0965 e. The van der Waals surface area contributed by atoms with Gasteiger partial charge in [0.1, 0.15) is 0 Å². The molecule has 0 bridgehead atoms. The first-order valence-electron chi connectivity index (χ1n) is 6.19. The molecule has 0 aliphatic carbocycles. The van der Waals surface area contributed by atoms with E-state index in [1.165, 1.54) is 21.3 Å². The van der Waals surface area contributed by atoms with Gasteiger partial charge in [0.2, 0.25) is 0 Å². The minimum Gasteiger partial charge on any atom is -0.387 e.